The van der Waals surface area contributed by atoms with Gasteiger partial charge in [-0.3, -0.25) is 0 Å². The number of hydrogen-bond acceptors (Lipinski definition) is 3. The Morgan fingerprint density at radius 2 is 2.50 bits per heavy atom. The summed E-state index contributed by atoms with van der Waals surface area (Å²) in [6.07, 6.45) is 3.84. The lowest BCUT2D eigenvalue weighted by molar-refractivity contribution is 0.714. The second-order valence-corrected chi connectivity index (χ2v) is 1.68. The molecule has 3 nitrogen and oxygen atoms in total. The molecule has 0 unspecified atom stereocenters. The van der Waals surface area contributed by atoms with E-state index in [1.807, 2.05) is 0 Å². The van der Waals surface area contributed by atoms with Gasteiger partial charge in [0.25, 0.3) is 0 Å². The molecule has 0 aliphatic carbocycles. The van der Waals surface area contributed by atoms with Crippen molar-refractivity contribution in [2.45, 2.75) is 6.42 Å². The van der Waals surface area contributed by atoms with E-state index < -0.39 is 0 Å². The summed E-state index contributed by atoms with van der Waals surface area (Å²) in [5, 5.41) is 10.5. The van der Waals surface area contributed by atoms with Crippen LogP contribution in [0.2, 0.25) is 0 Å². The molecule has 0 spiro atoms. The molecule has 10 heavy (non-hydrogen) atoms. The van der Waals surface area contributed by atoms with Gasteiger partial charge in [-0.25, -0.2) is 4.39 Å². The SMILES string of the molecule is FC=CCc1ccnnn1. The topological polar surface area (TPSA) is 38.7 Å². The Morgan fingerprint density at radius 3 is 3.10 bits per heavy atom. The molecule has 0 aliphatic heterocycles. The van der Waals surface area contributed by atoms with Crippen molar-refractivity contribution >= 4 is 0 Å². The molecule has 0 atom stereocenters. The van der Waals surface area contributed by atoms with Crippen LogP contribution in [0.3, 0.4) is 0 Å². The lowest BCUT2D eigenvalue weighted by atomic mass is 10.3. The zero-order chi connectivity index (χ0) is 7.23. The average Bonchev–Trinajstić information content (AvgIpc) is 2.03. The summed E-state index contributed by atoms with van der Waals surface area (Å²) < 4.78 is 11.4. The van der Waals surface area contributed by atoms with Gasteiger partial charge < -0.3 is 0 Å². The van der Waals surface area contributed by atoms with Crippen LogP contribution >= 0.6 is 0 Å². The summed E-state index contributed by atoms with van der Waals surface area (Å²) >= 11 is 0. The average molecular weight is 139 g/mol. The van der Waals surface area contributed by atoms with Crippen LogP contribution in [0.5, 0.6) is 0 Å². The second-order valence-electron chi connectivity index (χ2n) is 1.68. The van der Waals surface area contributed by atoms with Gasteiger partial charge >= 0.3 is 0 Å². The maximum Gasteiger partial charge on any atom is 0.0831 e. The van der Waals surface area contributed by atoms with Gasteiger partial charge in [-0.15, -0.1) is 10.2 Å². The van der Waals surface area contributed by atoms with Gasteiger partial charge in [0, 0.05) is 6.42 Å². The van der Waals surface area contributed by atoms with Crippen LogP contribution in [0, 0.1) is 0 Å². The van der Waals surface area contributed by atoms with Crippen molar-refractivity contribution in [3.63, 3.8) is 0 Å². The Morgan fingerprint density at radius 1 is 1.60 bits per heavy atom. The molecular formula is C6H6FN3. The van der Waals surface area contributed by atoms with Crippen molar-refractivity contribution < 1.29 is 4.39 Å². The van der Waals surface area contributed by atoms with Crippen LogP contribution in [0.4, 0.5) is 4.39 Å². The Kier molecular flexibility index (Phi) is 2.49. The number of halogens is 1. The quantitative estimate of drug-likeness (QED) is 0.611. The molecular weight excluding hydrogens is 133 g/mol. The van der Waals surface area contributed by atoms with Crippen LogP contribution in [0.15, 0.2) is 24.7 Å². The largest absolute Gasteiger partial charge is 0.216 e. The highest BCUT2D eigenvalue weighted by atomic mass is 19.1. The number of aromatic nitrogens is 3. The van der Waals surface area contributed by atoms with Crippen molar-refractivity contribution in [3.8, 4) is 0 Å². The van der Waals surface area contributed by atoms with Crippen LogP contribution in [0.1, 0.15) is 5.69 Å². The fourth-order valence-corrected chi connectivity index (χ4v) is 0.540. The number of rotatable bonds is 2. The second kappa shape index (κ2) is 3.66. The minimum Gasteiger partial charge on any atom is -0.216 e. The molecule has 0 fully saturated rings. The van der Waals surface area contributed by atoms with E-state index in [-0.39, 0.29) is 0 Å². The van der Waals surface area contributed by atoms with E-state index in [0.717, 1.165) is 0 Å². The molecule has 0 saturated carbocycles. The first-order valence-corrected chi connectivity index (χ1v) is 2.82. The van der Waals surface area contributed by atoms with Gasteiger partial charge in [0.2, 0.25) is 0 Å². The van der Waals surface area contributed by atoms with Gasteiger partial charge in [0.1, 0.15) is 0 Å². The molecule has 52 valence electrons. The zero-order valence-electron chi connectivity index (χ0n) is 5.24. The van der Waals surface area contributed by atoms with Gasteiger partial charge in [-0.2, -0.15) is 0 Å². The molecule has 0 aliphatic rings. The Hall–Kier alpha value is -1.32. The molecule has 0 radical (unpaired) electrons. The molecule has 1 rings (SSSR count). The van der Waals surface area contributed by atoms with Crippen molar-refractivity contribution in [1.82, 2.24) is 15.4 Å². The van der Waals surface area contributed by atoms with E-state index in [9.17, 15) is 4.39 Å². The van der Waals surface area contributed by atoms with E-state index in [0.29, 0.717) is 18.4 Å². The van der Waals surface area contributed by atoms with E-state index in [4.69, 9.17) is 0 Å². The molecule has 4 heteroatoms. The van der Waals surface area contributed by atoms with Gasteiger partial charge in [-0.1, -0.05) is 6.08 Å². The Labute approximate surface area is 57.6 Å². The molecule has 1 heterocycles. The Bertz CT molecular complexity index is 209. The van der Waals surface area contributed by atoms with Gasteiger partial charge in [-0.05, 0) is 11.3 Å². The molecule has 0 aromatic carbocycles. The molecule has 0 amide bonds. The predicted octanol–water partition coefficient (Wildman–Crippen LogP) is 0.897. The zero-order valence-corrected chi connectivity index (χ0v) is 5.24. The number of hydrogen-bond donors (Lipinski definition) is 0. The molecule has 1 aromatic heterocycles. The fraction of sp³-hybridized carbons (Fsp3) is 0.167. The Balaban J connectivity index is 2.59. The van der Waals surface area contributed by atoms with Crippen LogP contribution < -0.4 is 0 Å². The standard InChI is InChI=1S/C6H6FN3/c7-4-1-2-6-3-5-8-10-9-6/h1,3-5H,2H2. The number of allylic oxidation sites excluding steroid dienone is 1. The highest BCUT2D eigenvalue weighted by molar-refractivity contribution is 5.00. The van der Waals surface area contributed by atoms with Crippen LogP contribution in [0.25, 0.3) is 0 Å². The summed E-state index contributed by atoms with van der Waals surface area (Å²) in [6, 6.07) is 1.69. The van der Waals surface area contributed by atoms with E-state index in [1.165, 1.54) is 12.3 Å². The highest BCUT2D eigenvalue weighted by Crippen LogP contribution is 1.91. The van der Waals surface area contributed by atoms with Crippen molar-refractivity contribution in [1.29, 1.82) is 0 Å². The summed E-state index contributed by atoms with van der Waals surface area (Å²) in [7, 11) is 0. The van der Waals surface area contributed by atoms with Gasteiger partial charge in [0.15, 0.2) is 0 Å². The minimum absolute atomic E-state index is 0.464. The fourth-order valence-electron chi connectivity index (χ4n) is 0.540. The summed E-state index contributed by atoms with van der Waals surface area (Å²) in [6.45, 7) is 0. The van der Waals surface area contributed by atoms with E-state index in [1.54, 1.807) is 6.07 Å². The third kappa shape index (κ3) is 1.89. The monoisotopic (exact) mass is 139 g/mol. The van der Waals surface area contributed by atoms with Crippen molar-refractivity contribution in [2.24, 2.45) is 0 Å². The predicted molar refractivity (Wildman–Crippen MR) is 33.8 cm³/mol. The summed E-state index contributed by atoms with van der Waals surface area (Å²) in [4.78, 5) is 0. The van der Waals surface area contributed by atoms with E-state index >= 15 is 0 Å². The number of nitrogens with zero attached hydrogens (tertiary/aromatic N) is 3. The lowest BCUT2D eigenvalue weighted by Crippen LogP contribution is -1.91. The molecule has 1 aromatic rings. The van der Waals surface area contributed by atoms with Crippen molar-refractivity contribution in [2.75, 3.05) is 0 Å². The maximum absolute atomic E-state index is 11.4. The first-order chi connectivity index (χ1) is 4.93. The maximum atomic E-state index is 11.4. The third-order valence-corrected chi connectivity index (χ3v) is 0.974. The first-order valence-electron chi connectivity index (χ1n) is 2.82. The molecule has 0 N–H and O–H groups in total. The summed E-state index contributed by atoms with van der Waals surface area (Å²) in [5.74, 6) is 0. The normalized spacial score (nSPS) is 10.5. The highest BCUT2D eigenvalue weighted by Gasteiger charge is 1.87. The van der Waals surface area contributed by atoms with Crippen molar-refractivity contribution in [3.05, 3.63) is 30.4 Å². The third-order valence-electron chi connectivity index (χ3n) is 0.974. The first kappa shape index (κ1) is 6.80. The molecule has 0 saturated heterocycles. The van der Waals surface area contributed by atoms with Crippen LogP contribution in [-0.2, 0) is 6.42 Å². The summed E-state index contributed by atoms with van der Waals surface area (Å²) in [5.41, 5.74) is 0.712. The smallest absolute Gasteiger partial charge is 0.0831 e. The van der Waals surface area contributed by atoms with Gasteiger partial charge in [0.05, 0.1) is 18.2 Å². The van der Waals surface area contributed by atoms with E-state index in [2.05, 4.69) is 15.4 Å². The molecule has 0 bridgehead atoms. The minimum atomic E-state index is 0.464. The lowest BCUT2D eigenvalue weighted by Gasteiger charge is -1.87. The van der Waals surface area contributed by atoms with Crippen LogP contribution in [-0.4, -0.2) is 15.4 Å².